The Bertz CT molecular complexity index is 912. The van der Waals surface area contributed by atoms with Crippen LogP contribution in [0.5, 0.6) is 0 Å². The molecule has 0 bridgehead atoms. The van der Waals surface area contributed by atoms with Crippen LogP contribution in [-0.2, 0) is 31.7 Å². The molecule has 0 saturated heterocycles. The Hall–Kier alpha value is -3.36. The minimum Gasteiger partial charge on any atom is -0.456 e. The van der Waals surface area contributed by atoms with E-state index < -0.39 is 36.1 Å². The van der Waals surface area contributed by atoms with Crippen molar-refractivity contribution in [2.45, 2.75) is 38.8 Å². The van der Waals surface area contributed by atoms with Crippen LogP contribution in [0.3, 0.4) is 0 Å². The molecule has 166 valence electrons. The van der Waals surface area contributed by atoms with Crippen LogP contribution in [0, 0.1) is 0 Å². The SMILES string of the molecule is CCc1ccc(NC(=O)COC(=O)CCCC(=O)Nc2cccc(C(F)(F)F)c2)cc1. The number of amides is 2. The first-order valence-corrected chi connectivity index (χ1v) is 9.69. The lowest BCUT2D eigenvalue weighted by Crippen LogP contribution is -2.21. The predicted octanol–water partition coefficient (Wildman–Crippen LogP) is 4.56. The lowest BCUT2D eigenvalue weighted by atomic mass is 10.1. The Morgan fingerprint density at radius 2 is 1.58 bits per heavy atom. The first kappa shape index (κ1) is 23.9. The summed E-state index contributed by atoms with van der Waals surface area (Å²) < 4.78 is 42.9. The Balaban J connectivity index is 1.67. The van der Waals surface area contributed by atoms with Crippen molar-refractivity contribution in [3.05, 3.63) is 59.7 Å². The van der Waals surface area contributed by atoms with E-state index in [0.717, 1.165) is 24.1 Å². The number of hydrogen-bond donors (Lipinski definition) is 2. The van der Waals surface area contributed by atoms with Crippen molar-refractivity contribution in [2.24, 2.45) is 0 Å². The number of rotatable bonds is 9. The van der Waals surface area contributed by atoms with Crippen LogP contribution in [0.1, 0.15) is 37.3 Å². The van der Waals surface area contributed by atoms with E-state index in [9.17, 15) is 27.6 Å². The van der Waals surface area contributed by atoms with Crippen LogP contribution in [-0.4, -0.2) is 24.4 Å². The summed E-state index contributed by atoms with van der Waals surface area (Å²) in [6.07, 6.45) is -3.68. The number of benzene rings is 2. The van der Waals surface area contributed by atoms with Gasteiger partial charge in [0, 0.05) is 24.2 Å². The van der Waals surface area contributed by atoms with Crippen LogP contribution in [0.4, 0.5) is 24.5 Å². The van der Waals surface area contributed by atoms with E-state index >= 15 is 0 Å². The number of nitrogens with one attached hydrogen (secondary N) is 2. The van der Waals surface area contributed by atoms with E-state index in [0.29, 0.717) is 5.69 Å². The second-order valence-electron chi connectivity index (χ2n) is 6.74. The molecular formula is C22H23F3N2O4. The molecule has 2 aromatic carbocycles. The molecule has 0 spiro atoms. The maximum atomic E-state index is 12.7. The van der Waals surface area contributed by atoms with Crippen molar-refractivity contribution in [3.63, 3.8) is 0 Å². The van der Waals surface area contributed by atoms with Gasteiger partial charge in [0.2, 0.25) is 5.91 Å². The van der Waals surface area contributed by atoms with E-state index in [1.807, 2.05) is 19.1 Å². The number of carbonyl (C=O) groups is 3. The van der Waals surface area contributed by atoms with Gasteiger partial charge >= 0.3 is 12.1 Å². The molecule has 0 saturated carbocycles. The fraction of sp³-hybridized carbons (Fsp3) is 0.318. The van der Waals surface area contributed by atoms with Gasteiger partial charge in [-0.2, -0.15) is 13.2 Å². The van der Waals surface area contributed by atoms with Crippen LogP contribution in [0.25, 0.3) is 0 Å². The maximum Gasteiger partial charge on any atom is 0.416 e. The average molecular weight is 436 g/mol. The highest BCUT2D eigenvalue weighted by Gasteiger charge is 2.30. The van der Waals surface area contributed by atoms with E-state index in [4.69, 9.17) is 4.74 Å². The molecule has 0 aliphatic rings. The monoisotopic (exact) mass is 436 g/mol. The van der Waals surface area contributed by atoms with Gasteiger partial charge in [-0.25, -0.2) is 0 Å². The van der Waals surface area contributed by atoms with Crippen LogP contribution >= 0.6 is 0 Å². The van der Waals surface area contributed by atoms with Crippen molar-refractivity contribution in [2.75, 3.05) is 17.2 Å². The van der Waals surface area contributed by atoms with Crippen molar-refractivity contribution in [3.8, 4) is 0 Å². The van der Waals surface area contributed by atoms with E-state index in [1.165, 1.54) is 12.1 Å². The fourth-order valence-corrected chi connectivity index (χ4v) is 2.63. The summed E-state index contributed by atoms with van der Waals surface area (Å²) in [5.74, 6) is -1.66. The van der Waals surface area contributed by atoms with Gasteiger partial charge in [-0.05, 0) is 48.7 Å². The molecule has 0 unspecified atom stereocenters. The van der Waals surface area contributed by atoms with Crippen molar-refractivity contribution in [1.29, 1.82) is 0 Å². The van der Waals surface area contributed by atoms with Gasteiger partial charge < -0.3 is 15.4 Å². The normalized spacial score (nSPS) is 11.0. The zero-order valence-electron chi connectivity index (χ0n) is 16.9. The van der Waals surface area contributed by atoms with Crippen molar-refractivity contribution < 1.29 is 32.3 Å². The number of hydrogen-bond acceptors (Lipinski definition) is 4. The van der Waals surface area contributed by atoms with Crippen molar-refractivity contribution >= 4 is 29.2 Å². The van der Waals surface area contributed by atoms with Gasteiger partial charge in [0.1, 0.15) is 0 Å². The second kappa shape index (κ2) is 11.1. The smallest absolute Gasteiger partial charge is 0.416 e. The van der Waals surface area contributed by atoms with E-state index in [-0.39, 0.29) is 24.9 Å². The summed E-state index contributed by atoms with van der Waals surface area (Å²) >= 11 is 0. The molecular weight excluding hydrogens is 413 g/mol. The van der Waals surface area contributed by atoms with E-state index in [2.05, 4.69) is 10.6 Å². The molecule has 2 rings (SSSR count). The first-order chi connectivity index (χ1) is 14.7. The third-order valence-electron chi connectivity index (χ3n) is 4.27. The Morgan fingerprint density at radius 3 is 2.23 bits per heavy atom. The lowest BCUT2D eigenvalue weighted by Gasteiger charge is -2.10. The van der Waals surface area contributed by atoms with Gasteiger partial charge in [-0.3, -0.25) is 14.4 Å². The summed E-state index contributed by atoms with van der Waals surface area (Å²) in [6, 6.07) is 11.5. The molecule has 0 aliphatic heterocycles. The summed E-state index contributed by atoms with van der Waals surface area (Å²) in [7, 11) is 0. The Morgan fingerprint density at radius 1 is 0.903 bits per heavy atom. The zero-order chi connectivity index (χ0) is 22.9. The molecule has 0 atom stereocenters. The summed E-state index contributed by atoms with van der Waals surface area (Å²) in [6.45, 7) is 1.56. The molecule has 0 aliphatic carbocycles. The van der Waals surface area contributed by atoms with Crippen LogP contribution in [0.2, 0.25) is 0 Å². The van der Waals surface area contributed by atoms with Gasteiger partial charge in [0.25, 0.3) is 5.91 Å². The number of carbonyl (C=O) groups excluding carboxylic acids is 3. The molecule has 0 radical (unpaired) electrons. The molecule has 6 nitrogen and oxygen atoms in total. The van der Waals surface area contributed by atoms with Gasteiger partial charge in [0.15, 0.2) is 6.61 Å². The van der Waals surface area contributed by atoms with Gasteiger partial charge in [0.05, 0.1) is 5.56 Å². The minimum atomic E-state index is -4.50. The third kappa shape index (κ3) is 8.49. The zero-order valence-corrected chi connectivity index (χ0v) is 16.9. The molecule has 0 fully saturated rings. The molecule has 0 aromatic heterocycles. The third-order valence-corrected chi connectivity index (χ3v) is 4.27. The fourth-order valence-electron chi connectivity index (χ4n) is 2.63. The second-order valence-corrected chi connectivity index (χ2v) is 6.74. The summed E-state index contributed by atoms with van der Waals surface area (Å²) in [5.41, 5.74) is 0.866. The molecule has 31 heavy (non-hydrogen) atoms. The largest absolute Gasteiger partial charge is 0.456 e. The van der Waals surface area contributed by atoms with Crippen LogP contribution < -0.4 is 10.6 Å². The highest BCUT2D eigenvalue weighted by atomic mass is 19.4. The van der Waals surface area contributed by atoms with E-state index in [1.54, 1.807) is 12.1 Å². The van der Waals surface area contributed by atoms with Gasteiger partial charge in [-0.15, -0.1) is 0 Å². The molecule has 2 aromatic rings. The number of halogens is 3. The molecule has 9 heteroatoms. The highest BCUT2D eigenvalue weighted by Crippen LogP contribution is 2.30. The maximum absolute atomic E-state index is 12.7. The Labute approximate surface area is 177 Å². The summed E-state index contributed by atoms with van der Waals surface area (Å²) in [5, 5.41) is 4.96. The highest BCUT2D eigenvalue weighted by molar-refractivity contribution is 5.93. The number of esters is 1. The van der Waals surface area contributed by atoms with Gasteiger partial charge in [-0.1, -0.05) is 25.1 Å². The van der Waals surface area contributed by atoms with Crippen LogP contribution in [0.15, 0.2) is 48.5 Å². The predicted molar refractivity (Wildman–Crippen MR) is 109 cm³/mol. The standard InChI is InChI=1S/C22H23F3N2O4/c1-2-15-9-11-17(12-10-15)26-20(29)14-31-21(30)8-4-7-19(28)27-18-6-3-5-16(13-18)22(23,24)25/h3,5-6,9-13H,2,4,7-8,14H2,1H3,(H,26,29)(H,27,28). The lowest BCUT2D eigenvalue weighted by molar-refractivity contribution is -0.147. The van der Waals surface area contributed by atoms with Crippen molar-refractivity contribution in [1.82, 2.24) is 0 Å². The molecule has 2 N–H and O–H groups in total. The summed E-state index contributed by atoms with van der Waals surface area (Å²) in [4.78, 5) is 35.4. The molecule has 2 amide bonds. The minimum absolute atomic E-state index is 0.0195. The Kier molecular flexibility index (Phi) is 8.60. The number of alkyl halides is 3. The number of aryl methyl sites for hydroxylation is 1. The number of ether oxygens (including phenoxy) is 1. The quantitative estimate of drug-likeness (QED) is 0.565. The first-order valence-electron chi connectivity index (χ1n) is 9.69. The average Bonchev–Trinajstić information content (AvgIpc) is 2.72. The number of anilines is 2. The molecule has 0 heterocycles. The topological polar surface area (TPSA) is 84.5 Å².